The molecule has 0 fully saturated rings. The van der Waals surface area contributed by atoms with Gasteiger partial charge in [-0.05, 0) is 36.6 Å². The van der Waals surface area contributed by atoms with Crippen LogP contribution in [-0.2, 0) is 15.9 Å². The molecule has 0 saturated carbocycles. The van der Waals surface area contributed by atoms with Crippen molar-refractivity contribution in [2.75, 3.05) is 7.11 Å². The lowest BCUT2D eigenvalue weighted by Gasteiger charge is -2.13. The summed E-state index contributed by atoms with van der Waals surface area (Å²) >= 11 is 0. The molecule has 1 atom stereocenters. The first-order valence-electron chi connectivity index (χ1n) is 9.03. The van der Waals surface area contributed by atoms with Crippen molar-refractivity contribution >= 4 is 11.9 Å². The van der Waals surface area contributed by atoms with E-state index >= 15 is 0 Å². The number of rotatable bonds is 8. The fourth-order valence-electron chi connectivity index (χ4n) is 2.60. The highest BCUT2D eigenvalue weighted by atomic mass is 19.4. The topological polar surface area (TPSA) is 43.2 Å². The minimum absolute atomic E-state index is 0.381. The summed E-state index contributed by atoms with van der Waals surface area (Å²) in [7, 11) is 1.46. The molecule has 0 aliphatic heterocycles. The predicted molar refractivity (Wildman–Crippen MR) is 108 cm³/mol. The molecular formula is C22H23F3N2O2. The second-order valence-electron chi connectivity index (χ2n) is 6.27. The Morgan fingerprint density at radius 2 is 1.90 bits per heavy atom. The molecule has 154 valence electrons. The average Bonchev–Trinajstić information content (AvgIpc) is 2.71. The van der Waals surface area contributed by atoms with Gasteiger partial charge in [0, 0.05) is 11.1 Å². The summed E-state index contributed by atoms with van der Waals surface area (Å²) in [5.74, 6) is 0. The van der Waals surface area contributed by atoms with Gasteiger partial charge in [0.05, 0.1) is 11.8 Å². The third-order valence-electron chi connectivity index (χ3n) is 4.25. The van der Waals surface area contributed by atoms with Crippen LogP contribution in [-0.4, -0.2) is 19.0 Å². The maximum absolute atomic E-state index is 12.9. The standard InChI is InChI=1S/C22H23F3N2O2/c1-5-15(2)21(27-28-4)20-12-7-6-9-18(20)14-26-29-16(3)17-10-8-11-19(13-17)22(23,24)25/h6-14,16H,2,5H2,1,3-4H3/b26-14+,27-21-. The molecule has 0 N–H and O–H groups in total. The SMILES string of the molecule is C=C(CC)/C(=N/OC)c1ccccc1/C=N/OC(C)c1cccc(C(F)(F)F)c1. The first kappa shape index (κ1) is 22.2. The Morgan fingerprint density at radius 1 is 1.17 bits per heavy atom. The Labute approximate surface area is 168 Å². The molecule has 0 aromatic heterocycles. The lowest BCUT2D eigenvalue weighted by molar-refractivity contribution is -0.137. The number of oxime groups is 2. The van der Waals surface area contributed by atoms with E-state index in [1.165, 1.54) is 19.4 Å². The van der Waals surface area contributed by atoms with Crippen LogP contribution >= 0.6 is 0 Å². The number of alkyl halides is 3. The lowest BCUT2D eigenvalue weighted by Crippen LogP contribution is -2.08. The number of halogens is 3. The van der Waals surface area contributed by atoms with Crippen molar-refractivity contribution in [1.29, 1.82) is 0 Å². The molecular weight excluding hydrogens is 381 g/mol. The van der Waals surface area contributed by atoms with Crippen molar-refractivity contribution in [3.05, 3.63) is 82.9 Å². The molecule has 0 amide bonds. The third-order valence-corrected chi connectivity index (χ3v) is 4.25. The maximum atomic E-state index is 12.9. The van der Waals surface area contributed by atoms with Crippen LogP contribution in [0, 0.1) is 0 Å². The Hall–Kier alpha value is -3.09. The zero-order chi connectivity index (χ0) is 21.4. The van der Waals surface area contributed by atoms with E-state index < -0.39 is 17.8 Å². The van der Waals surface area contributed by atoms with Crippen LogP contribution in [0.4, 0.5) is 13.2 Å². The monoisotopic (exact) mass is 404 g/mol. The zero-order valence-corrected chi connectivity index (χ0v) is 16.5. The molecule has 1 unspecified atom stereocenters. The third kappa shape index (κ3) is 5.94. The molecule has 2 rings (SSSR count). The molecule has 0 aliphatic carbocycles. The van der Waals surface area contributed by atoms with Crippen LogP contribution in [0.5, 0.6) is 0 Å². The van der Waals surface area contributed by atoms with Crippen molar-refractivity contribution in [1.82, 2.24) is 0 Å². The van der Waals surface area contributed by atoms with E-state index in [4.69, 9.17) is 9.68 Å². The summed E-state index contributed by atoms with van der Waals surface area (Å²) in [6.45, 7) is 7.60. The Morgan fingerprint density at radius 3 is 2.55 bits per heavy atom. The summed E-state index contributed by atoms with van der Waals surface area (Å²) in [5.41, 5.74) is 2.54. The van der Waals surface area contributed by atoms with Crippen LogP contribution in [0.25, 0.3) is 0 Å². The van der Waals surface area contributed by atoms with E-state index in [0.29, 0.717) is 23.3 Å². The lowest BCUT2D eigenvalue weighted by atomic mass is 9.97. The number of hydrogen-bond acceptors (Lipinski definition) is 4. The molecule has 29 heavy (non-hydrogen) atoms. The van der Waals surface area contributed by atoms with E-state index in [1.807, 2.05) is 31.2 Å². The Kier molecular flexibility index (Phi) is 7.59. The molecule has 0 radical (unpaired) electrons. The molecule has 7 heteroatoms. The van der Waals surface area contributed by atoms with Gasteiger partial charge in [0.25, 0.3) is 0 Å². The maximum Gasteiger partial charge on any atom is 0.416 e. The minimum atomic E-state index is -4.41. The van der Waals surface area contributed by atoms with E-state index in [0.717, 1.165) is 23.3 Å². The van der Waals surface area contributed by atoms with Gasteiger partial charge < -0.3 is 9.68 Å². The summed E-state index contributed by atoms with van der Waals surface area (Å²) in [5, 5.41) is 8.02. The molecule has 4 nitrogen and oxygen atoms in total. The number of nitrogens with zero attached hydrogens (tertiary/aromatic N) is 2. The highest BCUT2D eigenvalue weighted by molar-refractivity contribution is 6.15. The van der Waals surface area contributed by atoms with Crippen LogP contribution in [0.2, 0.25) is 0 Å². The van der Waals surface area contributed by atoms with E-state index in [2.05, 4.69) is 16.9 Å². The van der Waals surface area contributed by atoms with Crippen LogP contribution in [0.1, 0.15) is 48.6 Å². The summed E-state index contributed by atoms with van der Waals surface area (Å²) < 4.78 is 38.6. The second kappa shape index (κ2) is 9.91. The molecule has 2 aromatic carbocycles. The molecule has 2 aromatic rings. The molecule has 0 spiro atoms. The fraction of sp³-hybridized carbons (Fsp3) is 0.273. The predicted octanol–water partition coefficient (Wildman–Crippen LogP) is 6.13. The number of hydrogen-bond donors (Lipinski definition) is 0. The van der Waals surface area contributed by atoms with Crippen LogP contribution in [0.3, 0.4) is 0 Å². The van der Waals surface area contributed by atoms with Crippen molar-refractivity contribution in [3.8, 4) is 0 Å². The van der Waals surface area contributed by atoms with Gasteiger partial charge in [-0.2, -0.15) is 13.2 Å². The van der Waals surface area contributed by atoms with Gasteiger partial charge in [-0.1, -0.05) is 60.2 Å². The van der Waals surface area contributed by atoms with Crippen LogP contribution in [0.15, 0.2) is 71.0 Å². The van der Waals surface area contributed by atoms with Gasteiger partial charge in [-0.25, -0.2) is 0 Å². The molecule has 0 saturated heterocycles. The molecule has 0 bridgehead atoms. The first-order chi connectivity index (χ1) is 13.8. The zero-order valence-electron chi connectivity index (χ0n) is 16.5. The Bertz CT molecular complexity index is 905. The normalized spacial score (nSPS) is 13.4. The summed E-state index contributed by atoms with van der Waals surface area (Å²) in [6, 6.07) is 12.4. The number of allylic oxidation sites excluding steroid dienone is 1. The average molecular weight is 404 g/mol. The van der Waals surface area contributed by atoms with E-state index in [-0.39, 0.29) is 0 Å². The van der Waals surface area contributed by atoms with Gasteiger partial charge in [0.1, 0.15) is 18.9 Å². The number of benzene rings is 2. The van der Waals surface area contributed by atoms with Crippen molar-refractivity contribution < 1.29 is 22.8 Å². The minimum Gasteiger partial charge on any atom is -0.399 e. The fourth-order valence-corrected chi connectivity index (χ4v) is 2.60. The first-order valence-corrected chi connectivity index (χ1v) is 9.03. The van der Waals surface area contributed by atoms with Gasteiger partial charge in [-0.3, -0.25) is 0 Å². The highest BCUT2D eigenvalue weighted by Crippen LogP contribution is 2.31. The summed E-state index contributed by atoms with van der Waals surface area (Å²) in [4.78, 5) is 10.3. The molecule has 0 heterocycles. The van der Waals surface area contributed by atoms with Crippen molar-refractivity contribution in [3.63, 3.8) is 0 Å². The van der Waals surface area contributed by atoms with Gasteiger partial charge >= 0.3 is 6.18 Å². The van der Waals surface area contributed by atoms with Crippen molar-refractivity contribution in [2.24, 2.45) is 10.3 Å². The smallest absolute Gasteiger partial charge is 0.399 e. The van der Waals surface area contributed by atoms with Gasteiger partial charge in [-0.15, -0.1) is 0 Å². The van der Waals surface area contributed by atoms with Crippen LogP contribution < -0.4 is 0 Å². The largest absolute Gasteiger partial charge is 0.416 e. The Balaban J connectivity index is 2.21. The summed E-state index contributed by atoms with van der Waals surface area (Å²) in [6.07, 6.45) is -2.88. The highest BCUT2D eigenvalue weighted by Gasteiger charge is 2.30. The van der Waals surface area contributed by atoms with Crippen molar-refractivity contribution in [2.45, 2.75) is 32.5 Å². The van der Waals surface area contributed by atoms with Gasteiger partial charge in [0.2, 0.25) is 0 Å². The van der Waals surface area contributed by atoms with Gasteiger partial charge in [0.15, 0.2) is 0 Å². The molecule has 0 aliphatic rings. The quantitative estimate of drug-likeness (QED) is 0.392. The second-order valence-corrected chi connectivity index (χ2v) is 6.27. The van der Waals surface area contributed by atoms with E-state index in [9.17, 15) is 13.2 Å². The van der Waals surface area contributed by atoms with E-state index in [1.54, 1.807) is 13.0 Å².